The van der Waals surface area contributed by atoms with Crippen molar-refractivity contribution in [2.24, 2.45) is 0 Å². The molecule has 11 heteroatoms. The summed E-state index contributed by atoms with van der Waals surface area (Å²) < 4.78 is 61.5. The van der Waals surface area contributed by atoms with Crippen molar-refractivity contribution in [1.82, 2.24) is 0 Å². The fourth-order valence-electron chi connectivity index (χ4n) is 3.93. The van der Waals surface area contributed by atoms with E-state index in [1.54, 1.807) is 0 Å². The minimum Gasteiger partial charge on any atom is -0.726 e. The van der Waals surface area contributed by atoms with Crippen LogP contribution in [0.3, 0.4) is 0 Å². The van der Waals surface area contributed by atoms with Gasteiger partial charge in [0.2, 0.25) is 10.4 Å². The Morgan fingerprint density at radius 1 is 0.410 bits per heavy atom. The van der Waals surface area contributed by atoms with Crippen LogP contribution in [0, 0.1) is 0 Å². The van der Waals surface area contributed by atoms with Gasteiger partial charge in [-0.15, -0.1) is 0 Å². The second kappa shape index (κ2) is 34.9. The number of ether oxygens (including phenoxy) is 5. The maximum atomic E-state index is 10.2. The van der Waals surface area contributed by atoms with E-state index in [2.05, 4.69) is 11.1 Å². The van der Waals surface area contributed by atoms with Crippen LogP contribution in [0.2, 0.25) is 0 Å². The van der Waals surface area contributed by atoms with Gasteiger partial charge in [-0.05, 0) is 6.42 Å². The molecule has 0 unspecified atom stereocenters. The van der Waals surface area contributed by atoms with Crippen LogP contribution in [0.15, 0.2) is 0 Å². The fraction of sp³-hybridized carbons (Fsp3) is 1.00. The third-order valence-electron chi connectivity index (χ3n) is 6.09. The van der Waals surface area contributed by atoms with Crippen LogP contribution in [0.5, 0.6) is 0 Å². The first kappa shape index (κ1) is 41.8. The molecule has 0 rings (SSSR count). The molecule has 0 saturated heterocycles. The van der Waals surface area contributed by atoms with Crippen LogP contribution >= 0.6 is 0 Å². The van der Waals surface area contributed by atoms with Crippen molar-refractivity contribution in [3.8, 4) is 0 Å². The van der Waals surface area contributed by atoms with Gasteiger partial charge in [-0.2, -0.15) is 0 Å². The van der Waals surface area contributed by atoms with Crippen molar-refractivity contribution in [3.05, 3.63) is 0 Å². The van der Waals surface area contributed by atoms with Crippen molar-refractivity contribution < 1.29 is 70.4 Å². The van der Waals surface area contributed by atoms with E-state index < -0.39 is 10.4 Å². The monoisotopic (exact) mass is 592 g/mol. The molecule has 0 spiro atoms. The third-order valence-corrected chi connectivity index (χ3v) is 6.54. The summed E-state index contributed by atoms with van der Waals surface area (Å²) in [6.45, 7) is 6.54. The summed E-state index contributed by atoms with van der Waals surface area (Å²) in [6.07, 6.45) is 22.0. The van der Waals surface area contributed by atoms with E-state index in [9.17, 15) is 13.0 Å². The van der Waals surface area contributed by atoms with Crippen LogP contribution in [0.4, 0.5) is 0 Å². The molecule has 0 heterocycles. The molecular weight excluding hydrogens is 535 g/mol. The van der Waals surface area contributed by atoms with E-state index in [-0.39, 0.29) is 49.4 Å². The Morgan fingerprint density at radius 3 is 0.974 bits per heavy atom. The molecule has 0 aromatic carbocycles. The predicted molar refractivity (Wildman–Crippen MR) is 149 cm³/mol. The average molecular weight is 593 g/mol. The second-order valence-electron chi connectivity index (χ2n) is 9.60. The van der Waals surface area contributed by atoms with Gasteiger partial charge in [-0.3, -0.25) is 4.18 Å². The summed E-state index contributed by atoms with van der Waals surface area (Å²) in [7, 11) is -4.65. The van der Waals surface area contributed by atoms with E-state index in [1.807, 2.05) is 0 Å². The molecule has 0 bridgehead atoms. The summed E-state index contributed by atoms with van der Waals surface area (Å²) in [5.74, 6) is 0. The van der Waals surface area contributed by atoms with E-state index >= 15 is 0 Å². The average Bonchev–Trinajstić information content (AvgIpc) is 2.88. The van der Waals surface area contributed by atoms with Crippen molar-refractivity contribution in [1.29, 1.82) is 0 Å². The molecule has 39 heavy (non-hydrogen) atoms. The molecule has 230 valence electrons. The van der Waals surface area contributed by atoms with Gasteiger partial charge in [0.15, 0.2) is 0 Å². The number of rotatable bonds is 33. The Labute approximate surface area is 262 Å². The zero-order chi connectivity index (χ0) is 27.8. The molecule has 0 amide bonds. The Bertz CT molecular complexity index is 553. The summed E-state index contributed by atoms with van der Waals surface area (Å²) in [4.78, 5) is 0. The molecule has 0 aliphatic carbocycles. The molecule has 0 aromatic rings. The van der Waals surface area contributed by atoms with Gasteiger partial charge in [-0.1, -0.05) is 103 Å². The Kier molecular flexibility index (Phi) is 37.4. The molecule has 0 atom stereocenters. The Morgan fingerprint density at radius 2 is 0.667 bits per heavy atom. The molecule has 0 aromatic heterocycles. The Balaban J connectivity index is 0. The minimum atomic E-state index is -4.65. The van der Waals surface area contributed by atoms with Crippen LogP contribution in [0.1, 0.15) is 110 Å². The van der Waals surface area contributed by atoms with Gasteiger partial charge in [-0.25, -0.2) is 8.42 Å². The zero-order valence-electron chi connectivity index (χ0n) is 25.2. The molecule has 0 radical (unpaired) electrons. The minimum absolute atomic E-state index is 0. The molecule has 0 saturated carbocycles. The zero-order valence-corrected chi connectivity index (χ0v) is 28.0. The van der Waals surface area contributed by atoms with Crippen molar-refractivity contribution >= 4 is 10.4 Å². The van der Waals surface area contributed by atoms with E-state index in [1.165, 1.54) is 96.3 Å². The first-order chi connectivity index (χ1) is 18.6. The summed E-state index contributed by atoms with van der Waals surface area (Å²) in [5, 5.41) is 0. The van der Waals surface area contributed by atoms with Gasteiger partial charge in [0.25, 0.3) is 0 Å². The Hall–Kier alpha value is 0.670. The third kappa shape index (κ3) is 40.9. The van der Waals surface area contributed by atoms with Gasteiger partial charge >= 0.3 is 29.6 Å². The van der Waals surface area contributed by atoms with E-state index in [0.29, 0.717) is 46.2 Å². The van der Waals surface area contributed by atoms with E-state index in [4.69, 9.17) is 23.7 Å². The molecule has 0 N–H and O–H groups in total. The van der Waals surface area contributed by atoms with Gasteiger partial charge < -0.3 is 28.2 Å². The second-order valence-corrected chi connectivity index (χ2v) is 10.6. The number of unbranched alkanes of at least 4 members (excludes halogenated alkanes) is 15. The molecule has 0 aliphatic rings. The molecule has 0 aliphatic heterocycles. The quantitative estimate of drug-likeness (QED) is 0.0491. The van der Waals surface area contributed by atoms with Crippen molar-refractivity contribution in [3.63, 3.8) is 0 Å². The van der Waals surface area contributed by atoms with Crippen LogP contribution in [-0.2, 0) is 38.3 Å². The van der Waals surface area contributed by atoms with E-state index in [0.717, 1.165) is 13.0 Å². The summed E-state index contributed by atoms with van der Waals surface area (Å²) in [5.41, 5.74) is 0. The topological polar surface area (TPSA) is 113 Å². The summed E-state index contributed by atoms with van der Waals surface area (Å²) in [6, 6.07) is 0. The first-order valence-corrected chi connectivity index (χ1v) is 16.4. The van der Waals surface area contributed by atoms with Crippen LogP contribution < -0.4 is 29.6 Å². The van der Waals surface area contributed by atoms with Crippen LogP contribution in [0.25, 0.3) is 0 Å². The first-order valence-electron chi connectivity index (χ1n) is 15.0. The number of hydrogen-bond acceptors (Lipinski definition) is 9. The predicted octanol–water partition coefficient (Wildman–Crippen LogP) is 2.81. The molecule has 0 fully saturated rings. The van der Waals surface area contributed by atoms with Crippen LogP contribution in [-0.4, -0.2) is 85.6 Å². The normalized spacial score (nSPS) is 11.6. The maximum Gasteiger partial charge on any atom is 1.00 e. The van der Waals surface area contributed by atoms with Gasteiger partial charge in [0.05, 0.1) is 66.1 Å². The maximum absolute atomic E-state index is 10.2. The van der Waals surface area contributed by atoms with Crippen molar-refractivity contribution in [2.45, 2.75) is 110 Å². The number of hydrogen-bond donors (Lipinski definition) is 0. The SMILES string of the molecule is CCCCCCCCCCCCCCCCCCOCCOCCOCCOCCOCCOS(=O)(=O)[O-].[Na+]. The van der Waals surface area contributed by atoms with Crippen molar-refractivity contribution in [2.75, 3.05) is 72.7 Å². The fourth-order valence-corrected chi connectivity index (χ4v) is 4.20. The van der Waals surface area contributed by atoms with Gasteiger partial charge in [0, 0.05) is 6.61 Å². The molecule has 9 nitrogen and oxygen atoms in total. The van der Waals surface area contributed by atoms with Gasteiger partial charge in [0.1, 0.15) is 0 Å². The summed E-state index contributed by atoms with van der Waals surface area (Å²) >= 11 is 0. The molecular formula is C28H57NaO9S. The standard InChI is InChI=1S/C28H58O9S.Na/c1-2-3-4-5-6-7-8-9-10-11-12-13-14-15-16-17-18-32-19-20-33-21-22-34-23-24-35-25-26-36-27-28-37-38(29,30)31;/h2-28H2,1H3,(H,29,30,31);/q;+1/p-1. The smallest absolute Gasteiger partial charge is 0.726 e. The largest absolute Gasteiger partial charge is 1.00 e.